The molecule has 1 aromatic carbocycles. The number of guanidine groups is 1. The van der Waals surface area contributed by atoms with Gasteiger partial charge in [-0.2, -0.15) is 0 Å². The number of aliphatic imine (C=N–C) groups is 1. The van der Waals surface area contributed by atoms with Crippen molar-refractivity contribution in [2.24, 2.45) is 10.4 Å². The van der Waals surface area contributed by atoms with Crippen molar-refractivity contribution in [2.45, 2.75) is 39.5 Å². The molecule has 0 bridgehead atoms. The zero-order valence-electron chi connectivity index (χ0n) is 18.5. The summed E-state index contributed by atoms with van der Waals surface area (Å²) in [7, 11) is 2.04. The Labute approximate surface area is 179 Å². The molecule has 5 nitrogen and oxygen atoms in total. The largest absolute Gasteiger partial charge is 0.341 e. The van der Waals surface area contributed by atoms with Gasteiger partial charge in [0.15, 0.2) is 0 Å². The van der Waals surface area contributed by atoms with E-state index in [1.807, 2.05) is 19.2 Å². The maximum Gasteiger partial charge on any atom is 0.206 e. The van der Waals surface area contributed by atoms with E-state index in [0.717, 1.165) is 42.6 Å². The van der Waals surface area contributed by atoms with Gasteiger partial charge in [-0.05, 0) is 41.5 Å². The van der Waals surface area contributed by atoms with Gasteiger partial charge in [-0.3, -0.25) is 0 Å². The van der Waals surface area contributed by atoms with Crippen LogP contribution in [0.2, 0.25) is 0 Å². The fourth-order valence-corrected chi connectivity index (χ4v) is 4.54. The van der Waals surface area contributed by atoms with E-state index in [1.165, 1.54) is 17.5 Å². The minimum Gasteiger partial charge on any atom is -0.341 e. The number of hydrogen-bond acceptors (Lipinski definition) is 5. The Bertz CT molecular complexity index is 990. The molecule has 0 aliphatic carbocycles. The van der Waals surface area contributed by atoms with Crippen molar-refractivity contribution in [1.29, 1.82) is 0 Å². The number of aryl methyl sites for hydroxylation is 1. The molecule has 1 fully saturated rings. The maximum atomic E-state index is 5.01. The summed E-state index contributed by atoms with van der Waals surface area (Å²) in [6, 6.07) is 11.0. The maximum absolute atomic E-state index is 5.01. The molecule has 156 valence electrons. The van der Waals surface area contributed by atoms with E-state index in [4.69, 9.17) is 4.99 Å². The molecule has 1 saturated heterocycles. The molecule has 0 N–H and O–H groups in total. The smallest absolute Gasteiger partial charge is 0.206 e. The van der Waals surface area contributed by atoms with Crippen LogP contribution in [0.1, 0.15) is 49.9 Å². The van der Waals surface area contributed by atoms with E-state index in [1.54, 1.807) is 12.5 Å². The van der Waals surface area contributed by atoms with Crippen molar-refractivity contribution in [2.75, 3.05) is 20.1 Å². The van der Waals surface area contributed by atoms with Crippen molar-refractivity contribution in [3.8, 4) is 0 Å². The van der Waals surface area contributed by atoms with Gasteiger partial charge in [-0.15, -0.1) is 0 Å². The van der Waals surface area contributed by atoms with Gasteiger partial charge in [0.2, 0.25) is 5.96 Å². The molecule has 2 aliphatic heterocycles. The van der Waals surface area contributed by atoms with Crippen LogP contribution in [-0.4, -0.2) is 45.9 Å². The summed E-state index contributed by atoms with van der Waals surface area (Å²) in [5.74, 6) is 1.42. The summed E-state index contributed by atoms with van der Waals surface area (Å²) in [5.41, 5.74) is 5.59. The molecule has 30 heavy (non-hydrogen) atoms. The number of piperidine rings is 1. The zero-order chi connectivity index (χ0) is 21.3. The lowest BCUT2D eigenvalue weighted by Gasteiger charge is -2.46. The van der Waals surface area contributed by atoms with Crippen molar-refractivity contribution < 1.29 is 0 Å². The number of benzene rings is 1. The summed E-state index contributed by atoms with van der Waals surface area (Å²) in [4.78, 5) is 17.9. The van der Waals surface area contributed by atoms with Crippen LogP contribution >= 0.6 is 0 Å². The fourth-order valence-electron chi connectivity index (χ4n) is 4.54. The van der Waals surface area contributed by atoms with Crippen LogP contribution in [0.25, 0.3) is 5.70 Å². The topological polar surface area (TPSA) is 44.6 Å². The molecule has 0 amide bonds. The van der Waals surface area contributed by atoms with Crippen LogP contribution in [0.15, 0.2) is 66.2 Å². The third-order valence-corrected chi connectivity index (χ3v) is 6.07. The van der Waals surface area contributed by atoms with Gasteiger partial charge in [-0.1, -0.05) is 51.6 Å². The number of nitrogens with zero attached hydrogens (tertiary/aromatic N) is 5. The average Bonchev–Trinajstić information content (AvgIpc) is 2.75. The summed E-state index contributed by atoms with van der Waals surface area (Å²) in [5, 5.41) is 0. The summed E-state index contributed by atoms with van der Waals surface area (Å²) < 4.78 is 0. The molecule has 3 heterocycles. The van der Waals surface area contributed by atoms with Crippen LogP contribution in [-0.2, 0) is 6.42 Å². The van der Waals surface area contributed by atoms with E-state index in [-0.39, 0.29) is 5.41 Å². The Morgan fingerprint density at radius 1 is 1.23 bits per heavy atom. The first-order chi connectivity index (χ1) is 14.4. The van der Waals surface area contributed by atoms with Gasteiger partial charge in [0.05, 0.1) is 11.4 Å². The number of rotatable bonds is 3. The second-order valence-corrected chi connectivity index (χ2v) is 9.13. The minimum absolute atomic E-state index is 0.187. The number of likely N-dealkylation sites (tertiary alicyclic amines) is 1. The summed E-state index contributed by atoms with van der Waals surface area (Å²) in [6.07, 6.45) is 7.54. The summed E-state index contributed by atoms with van der Waals surface area (Å²) >= 11 is 0. The van der Waals surface area contributed by atoms with E-state index in [0.29, 0.717) is 5.92 Å². The van der Waals surface area contributed by atoms with Crippen LogP contribution in [0, 0.1) is 5.41 Å². The fraction of sp³-hybridized carbons (Fsp3) is 0.400. The first-order valence-electron chi connectivity index (χ1n) is 10.7. The molecular formula is C25H31N5. The molecule has 0 radical (unpaired) electrons. The van der Waals surface area contributed by atoms with Gasteiger partial charge < -0.3 is 9.80 Å². The predicted molar refractivity (Wildman–Crippen MR) is 123 cm³/mol. The number of allylic oxidation sites excluding steroid dienone is 1. The van der Waals surface area contributed by atoms with Crippen molar-refractivity contribution in [3.05, 3.63) is 78.0 Å². The van der Waals surface area contributed by atoms with E-state index in [9.17, 15) is 0 Å². The highest BCUT2D eigenvalue weighted by Gasteiger charge is 2.36. The molecule has 2 aromatic rings. The lowest BCUT2D eigenvalue weighted by molar-refractivity contribution is 0.147. The van der Waals surface area contributed by atoms with Gasteiger partial charge in [-0.25, -0.2) is 15.0 Å². The normalized spacial score (nSPS) is 21.3. The minimum atomic E-state index is 0.187. The molecule has 1 unspecified atom stereocenters. The average molecular weight is 402 g/mol. The third kappa shape index (κ3) is 4.16. The van der Waals surface area contributed by atoms with Gasteiger partial charge in [0, 0.05) is 37.9 Å². The SMILES string of the molecule is C=C1C=C(c2ccncn2)N=C(N2CC(c3cccc(CC)c3)CC(C)(C)C2)N1C. The molecule has 1 atom stereocenters. The highest BCUT2D eigenvalue weighted by molar-refractivity contribution is 5.90. The van der Waals surface area contributed by atoms with E-state index in [2.05, 4.69) is 71.4 Å². The number of hydrogen-bond donors (Lipinski definition) is 0. The van der Waals surface area contributed by atoms with Crippen molar-refractivity contribution >= 4 is 11.7 Å². The molecular weight excluding hydrogens is 370 g/mol. The Balaban J connectivity index is 1.68. The molecule has 1 aromatic heterocycles. The number of aromatic nitrogens is 2. The first-order valence-corrected chi connectivity index (χ1v) is 10.7. The van der Waals surface area contributed by atoms with Crippen LogP contribution < -0.4 is 0 Å². The third-order valence-electron chi connectivity index (χ3n) is 6.07. The van der Waals surface area contributed by atoms with Crippen LogP contribution in [0.4, 0.5) is 0 Å². The lowest BCUT2D eigenvalue weighted by Crippen LogP contribution is -2.51. The standard InChI is InChI=1S/C25H31N5/c1-6-19-8-7-9-20(13-19)21-14-25(3,4)16-30(15-21)24-28-23(12-18(2)29(24)5)22-10-11-26-17-27-22/h7-13,17,21H,2,6,14-16H2,1,3-5H3. The highest BCUT2D eigenvalue weighted by Crippen LogP contribution is 2.39. The molecule has 0 spiro atoms. The van der Waals surface area contributed by atoms with Crippen LogP contribution in [0.5, 0.6) is 0 Å². The Hall–Kier alpha value is -2.95. The predicted octanol–water partition coefficient (Wildman–Crippen LogP) is 4.71. The highest BCUT2D eigenvalue weighted by atomic mass is 15.4. The molecule has 0 saturated carbocycles. The van der Waals surface area contributed by atoms with E-state index >= 15 is 0 Å². The molecule has 2 aliphatic rings. The van der Waals surface area contributed by atoms with E-state index < -0.39 is 0 Å². The van der Waals surface area contributed by atoms with Crippen molar-refractivity contribution in [3.63, 3.8) is 0 Å². The van der Waals surface area contributed by atoms with Gasteiger partial charge >= 0.3 is 0 Å². The van der Waals surface area contributed by atoms with Gasteiger partial charge in [0.25, 0.3) is 0 Å². The Kier molecular flexibility index (Phi) is 5.46. The van der Waals surface area contributed by atoms with Crippen molar-refractivity contribution in [1.82, 2.24) is 19.8 Å². The molecule has 4 rings (SSSR count). The Morgan fingerprint density at radius 3 is 2.80 bits per heavy atom. The monoisotopic (exact) mass is 401 g/mol. The van der Waals surface area contributed by atoms with Crippen LogP contribution in [0.3, 0.4) is 0 Å². The number of likely N-dealkylation sites (N-methyl/N-ethyl adjacent to an activating group) is 1. The second kappa shape index (κ2) is 8.05. The lowest BCUT2D eigenvalue weighted by atomic mass is 9.76. The zero-order valence-corrected chi connectivity index (χ0v) is 18.5. The second-order valence-electron chi connectivity index (χ2n) is 9.13. The quantitative estimate of drug-likeness (QED) is 0.747. The summed E-state index contributed by atoms with van der Waals surface area (Å²) in [6.45, 7) is 13.1. The van der Waals surface area contributed by atoms with Gasteiger partial charge in [0.1, 0.15) is 6.33 Å². The molecule has 5 heteroatoms. The first kappa shape index (κ1) is 20.3. The Morgan fingerprint density at radius 2 is 2.07 bits per heavy atom.